The van der Waals surface area contributed by atoms with Gasteiger partial charge in [0.15, 0.2) is 11.5 Å². The topological polar surface area (TPSA) is 55.9 Å². The maximum Gasteiger partial charge on any atom is 0.231 e. The molecule has 0 radical (unpaired) electrons. The van der Waals surface area contributed by atoms with Crippen molar-refractivity contribution < 1.29 is 14.2 Å². The molecule has 0 saturated heterocycles. The maximum absolute atomic E-state index is 6.15. The molecule has 0 fully saturated rings. The zero-order valence-electron chi connectivity index (χ0n) is 15.9. The van der Waals surface area contributed by atoms with Crippen molar-refractivity contribution >= 4 is 11.5 Å². The van der Waals surface area contributed by atoms with Crippen molar-refractivity contribution in [3.63, 3.8) is 0 Å². The second-order valence-electron chi connectivity index (χ2n) is 7.65. The zero-order chi connectivity index (χ0) is 19.3. The van der Waals surface area contributed by atoms with E-state index in [0.29, 0.717) is 6.61 Å². The smallest absolute Gasteiger partial charge is 0.231 e. The van der Waals surface area contributed by atoms with E-state index < -0.39 is 0 Å². The van der Waals surface area contributed by atoms with Crippen LogP contribution in [0.3, 0.4) is 0 Å². The number of anilines is 2. The molecule has 2 aromatic carbocycles. The van der Waals surface area contributed by atoms with Crippen LogP contribution in [0, 0.1) is 0 Å². The van der Waals surface area contributed by atoms with Crippen molar-refractivity contribution in [2.24, 2.45) is 0 Å². The molecule has 4 heterocycles. The number of rotatable bonds is 4. The van der Waals surface area contributed by atoms with Crippen LogP contribution in [0.25, 0.3) is 0 Å². The van der Waals surface area contributed by atoms with Crippen LogP contribution >= 0.6 is 0 Å². The molecule has 6 heteroatoms. The maximum atomic E-state index is 6.15. The van der Waals surface area contributed by atoms with E-state index in [1.807, 2.05) is 24.3 Å². The van der Waals surface area contributed by atoms with Gasteiger partial charge >= 0.3 is 0 Å². The van der Waals surface area contributed by atoms with Crippen molar-refractivity contribution in [1.82, 2.24) is 4.98 Å². The number of fused-ring (bicyclic) bond motifs is 5. The third-order valence-electron chi connectivity index (χ3n) is 6.04. The van der Waals surface area contributed by atoms with E-state index >= 15 is 0 Å². The molecular weight excluding hydrogens is 366 g/mol. The molecule has 1 aromatic heterocycles. The second-order valence-corrected chi connectivity index (χ2v) is 7.65. The minimum absolute atomic E-state index is 0.183. The first-order chi connectivity index (χ1) is 14.3. The van der Waals surface area contributed by atoms with Gasteiger partial charge in [0, 0.05) is 43.1 Å². The highest BCUT2D eigenvalue weighted by molar-refractivity contribution is 5.70. The van der Waals surface area contributed by atoms with E-state index in [-0.39, 0.29) is 12.2 Å². The van der Waals surface area contributed by atoms with Gasteiger partial charge in [-0.2, -0.15) is 0 Å². The minimum atomic E-state index is -0.183. The Hall–Kier alpha value is -3.41. The Morgan fingerprint density at radius 1 is 0.931 bits per heavy atom. The summed E-state index contributed by atoms with van der Waals surface area (Å²) in [6.45, 7) is 3.48. The second kappa shape index (κ2) is 6.30. The molecule has 1 atom stereocenters. The molecule has 6 rings (SSSR count). The van der Waals surface area contributed by atoms with Gasteiger partial charge in [0.1, 0.15) is 18.2 Å². The number of para-hydroxylation sites is 1. The van der Waals surface area contributed by atoms with Crippen molar-refractivity contribution in [3.05, 3.63) is 71.9 Å². The summed E-state index contributed by atoms with van der Waals surface area (Å²) < 4.78 is 17.3. The van der Waals surface area contributed by atoms with E-state index in [9.17, 15) is 0 Å². The van der Waals surface area contributed by atoms with Crippen LogP contribution in [0.1, 0.15) is 11.1 Å². The van der Waals surface area contributed by atoms with Gasteiger partial charge in [-0.25, -0.2) is 4.98 Å². The van der Waals surface area contributed by atoms with Gasteiger partial charge < -0.3 is 24.4 Å². The number of pyridine rings is 1. The van der Waals surface area contributed by atoms with Crippen LogP contribution in [0.5, 0.6) is 17.2 Å². The standard InChI is InChI=1S/C23H21N3O3/c1-2-6-18-16(5-1)23(13-26(18)10-9-25-22-7-3-4-8-24-22)14-27-19-12-21-20(11-17(19)23)28-15-29-21/h1-8,11-12H,9-10,13-15H2,(H,24,25). The Morgan fingerprint density at radius 2 is 1.79 bits per heavy atom. The van der Waals surface area contributed by atoms with Gasteiger partial charge in [0.05, 0.1) is 5.41 Å². The van der Waals surface area contributed by atoms with Crippen LogP contribution in [-0.4, -0.2) is 38.0 Å². The fourth-order valence-corrected chi connectivity index (χ4v) is 4.69. The highest BCUT2D eigenvalue weighted by Crippen LogP contribution is 2.54. The Kier molecular flexibility index (Phi) is 3.59. The van der Waals surface area contributed by atoms with Crippen molar-refractivity contribution in [2.75, 3.05) is 43.3 Å². The van der Waals surface area contributed by atoms with Crippen LogP contribution in [0.15, 0.2) is 60.8 Å². The van der Waals surface area contributed by atoms with E-state index in [1.54, 1.807) is 6.20 Å². The summed E-state index contributed by atoms with van der Waals surface area (Å²) >= 11 is 0. The average Bonchev–Trinajstić information content (AvgIpc) is 3.45. The summed E-state index contributed by atoms with van der Waals surface area (Å²) in [7, 11) is 0. The number of benzene rings is 2. The normalized spacial score (nSPS) is 20.5. The molecule has 1 spiro atoms. The van der Waals surface area contributed by atoms with Crippen LogP contribution in [0.4, 0.5) is 11.5 Å². The highest BCUT2D eigenvalue weighted by atomic mass is 16.7. The SMILES string of the molecule is c1ccc(NCCN2CC3(COc4cc5c(cc43)OCO5)c3ccccc32)nc1. The van der Waals surface area contributed by atoms with Crippen LogP contribution < -0.4 is 24.4 Å². The largest absolute Gasteiger partial charge is 0.492 e. The van der Waals surface area contributed by atoms with Crippen molar-refractivity contribution in [3.8, 4) is 17.2 Å². The highest BCUT2D eigenvalue weighted by Gasteiger charge is 2.50. The molecular formula is C23H21N3O3. The summed E-state index contributed by atoms with van der Waals surface area (Å²) in [6, 6.07) is 18.6. The lowest BCUT2D eigenvalue weighted by molar-refractivity contribution is 0.173. The minimum Gasteiger partial charge on any atom is -0.492 e. The van der Waals surface area contributed by atoms with Crippen LogP contribution in [-0.2, 0) is 5.41 Å². The molecule has 3 aliphatic heterocycles. The Labute approximate surface area is 169 Å². The molecule has 0 aliphatic carbocycles. The third-order valence-corrected chi connectivity index (χ3v) is 6.04. The quantitative estimate of drug-likeness (QED) is 0.740. The summed E-state index contributed by atoms with van der Waals surface area (Å²) in [5, 5.41) is 3.41. The van der Waals surface area contributed by atoms with E-state index in [2.05, 4.69) is 45.5 Å². The summed E-state index contributed by atoms with van der Waals surface area (Å²) in [5.41, 5.74) is 3.59. The average molecular weight is 387 g/mol. The molecule has 6 nitrogen and oxygen atoms in total. The van der Waals surface area contributed by atoms with Gasteiger partial charge in [-0.1, -0.05) is 24.3 Å². The molecule has 3 aromatic rings. The predicted octanol–water partition coefficient (Wildman–Crippen LogP) is 3.42. The predicted molar refractivity (Wildman–Crippen MR) is 110 cm³/mol. The fourth-order valence-electron chi connectivity index (χ4n) is 4.69. The van der Waals surface area contributed by atoms with E-state index in [0.717, 1.165) is 42.7 Å². The molecule has 0 saturated carbocycles. The molecule has 3 aliphatic rings. The Balaban J connectivity index is 1.31. The first kappa shape index (κ1) is 16.5. The van der Waals surface area contributed by atoms with Gasteiger partial charge in [-0.3, -0.25) is 0 Å². The van der Waals surface area contributed by atoms with Gasteiger partial charge in [-0.05, 0) is 29.8 Å². The molecule has 0 amide bonds. The monoisotopic (exact) mass is 387 g/mol. The van der Waals surface area contributed by atoms with Crippen LogP contribution in [0.2, 0.25) is 0 Å². The van der Waals surface area contributed by atoms with Crippen molar-refractivity contribution in [2.45, 2.75) is 5.41 Å². The Morgan fingerprint density at radius 3 is 2.69 bits per heavy atom. The fraction of sp³-hybridized carbons (Fsp3) is 0.261. The number of hydrogen-bond acceptors (Lipinski definition) is 6. The lowest BCUT2D eigenvalue weighted by Gasteiger charge is -2.25. The van der Waals surface area contributed by atoms with Gasteiger partial charge in [-0.15, -0.1) is 0 Å². The first-order valence-electron chi connectivity index (χ1n) is 9.90. The molecule has 146 valence electrons. The van der Waals surface area contributed by atoms with Crippen molar-refractivity contribution in [1.29, 1.82) is 0 Å². The molecule has 1 unspecified atom stereocenters. The van der Waals surface area contributed by atoms with E-state index in [1.165, 1.54) is 16.8 Å². The lowest BCUT2D eigenvalue weighted by atomic mass is 9.77. The summed E-state index contributed by atoms with van der Waals surface area (Å²) in [5.74, 6) is 3.37. The summed E-state index contributed by atoms with van der Waals surface area (Å²) in [6.07, 6.45) is 1.81. The number of nitrogens with one attached hydrogen (secondary N) is 1. The summed E-state index contributed by atoms with van der Waals surface area (Å²) in [4.78, 5) is 6.78. The number of aromatic nitrogens is 1. The number of nitrogens with zero attached hydrogens (tertiary/aromatic N) is 2. The zero-order valence-corrected chi connectivity index (χ0v) is 15.9. The van der Waals surface area contributed by atoms with E-state index in [4.69, 9.17) is 14.2 Å². The Bertz CT molecular complexity index is 1070. The molecule has 1 N–H and O–H groups in total. The third kappa shape index (κ3) is 2.52. The molecule has 0 bridgehead atoms. The van der Waals surface area contributed by atoms with Gasteiger partial charge in [0.25, 0.3) is 0 Å². The lowest BCUT2D eigenvalue weighted by Crippen LogP contribution is -2.37. The van der Waals surface area contributed by atoms with Gasteiger partial charge in [0.2, 0.25) is 6.79 Å². The first-order valence-corrected chi connectivity index (χ1v) is 9.90. The number of hydrogen-bond donors (Lipinski definition) is 1. The number of ether oxygens (including phenoxy) is 3. The molecule has 29 heavy (non-hydrogen) atoms.